The minimum atomic E-state index is -0.577. The van der Waals surface area contributed by atoms with Gasteiger partial charge in [-0.15, -0.1) is 0 Å². The number of nitrogens with zero attached hydrogens (tertiary/aromatic N) is 1. The van der Waals surface area contributed by atoms with Crippen molar-refractivity contribution in [1.29, 1.82) is 0 Å². The number of nitrogens with one attached hydrogen (secondary N) is 1. The summed E-state index contributed by atoms with van der Waals surface area (Å²) in [6, 6.07) is 4.54. The maximum Gasteiger partial charge on any atom is 0.407 e. The van der Waals surface area contributed by atoms with E-state index in [1.165, 1.54) is 6.07 Å². The second-order valence-corrected chi connectivity index (χ2v) is 5.98. The fraction of sp³-hybridized carbons (Fsp3) is 0.462. The van der Waals surface area contributed by atoms with Gasteiger partial charge in [-0.1, -0.05) is 6.07 Å². The van der Waals surface area contributed by atoms with Gasteiger partial charge in [-0.25, -0.2) is 4.79 Å². The first-order valence-corrected chi connectivity index (χ1v) is 7.02. The molecule has 1 rings (SSSR count). The third kappa shape index (κ3) is 5.99. The first-order valence-electron chi connectivity index (χ1n) is 6.23. The number of nitro groups is 1. The monoisotopic (exact) mass is 360 g/mol. The van der Waals surface area contributed by atoms with E-state index in [2.05, 4.69) is 21.2 Å². The predicted octanol–water partition coefficient (Wildman–Crippen LogP) is 3.26. The molecule has 8 heteroatoms. The Labute approximate surface area is 130 Å². The van der Waals surface area contributed by atoms with E-state index in [4.69, 9.17) is 9.47 Å². The molecule has 116 valence electrons. The maximum absolute atomic E-state index is 11.4. The van der Waals surface area contributed by atoms with Crippen LogP contribution in [0.5, 0.6) is 5.75 Å². The van der Waals surface area contributed by atoms with Crippen molar-refractivity contribution >= 4 is 27.7 Å². The number of amides is 1. The number of alkyl carbamates (subject to hydrolysis) is 1. The first kappa shape index (κ1) is 17.2. The van der Waals surface area contributed by atoms with E-state index >= 15 is 0 Å². The molecule has 1 amide bonds. The minimum Gasteiger partial charge on any atom is -0.484 e. The van der Waals surface area contributed by atoms with E-state index in [1.807, 2.05) is 0 Å². The van der Waals surface area contributed by atoms with Crippen LogP contribution in [0.4, 0.5) is 10.5 Å². The van der Waals surface area contributed by atoms with Crippen LogP contribution in [0.3, 0.4) is 0 Å². The Morgan fingerprint density at radius 3 is 2.67 bits per heavy atom. The molecule has 0 spiro atoms. The maximum atomic E-state index is 11.4. The summed E-state index contributed by atoms with van der Waals surface area (Å²) in [5.41, 5.74) is -0.715. The first-order chi connectivity index (χ1) is 9.70. The predicted molar refractivity (Wildman–Crippen MR) is 80.5 cm³/mol. The Kier molecular flexibility index (Phi) is 5.95. The van der Waals surface area contributed by atoms with E-state index in [0.717, 1.165) is 0 Å². The molecule has 0 radical (unpaired) electrons. The van der Waals surface area contributed by atoms with Crippen molar-refractivity contribution in [3.8, 4) is 5.75 Å². The van der Waals surface area contributed by atoms with E-state index < -0.39 is 16.6 Å². The number of nitro benzene ring substituents is 1. The lowest BCUT2D eigenvalue weighted by Crippen LogP contribution is -2.34. The number of carbonyl (C=O) groups is 1. The molecule has 7 nitrogen and oxygen atoms in total. The fourth-order valence-electron chi connectivity index (χ4n) is 1.40. The summed E-state index contributed by atoms with van der Waals surface area (Å²) in [4.78, 5) is 21.8. The van der Waals surface area contributed by atoms with Crippen LogP contribution in [0.25, 0.3) is 0 Å². The van der Waals surface area contributed by atoms with Crippen molar-refractivity contribution in [1.82, 2.24) is 5.32 Å². The highest BCUT2D eigenvalue weighted by atomic mass is 79.9. The molecule has 0 saturated heterocycles. The highest BCUT2D eigenvalue weighted by Crippen LogP contribution is 2.34. The van der Waals surface area contributed by atoms with Gasteiger partial charge in [-0.05, 0) is 42.8 Å². The number of halogens is 1. The summed E-state index contributed by atoms with van der Waals surface area (Å²) in [5.74, 6) is 0.133. The molecule has 1 aromatic rings. The lowest BCUT2D eigenvalue weighted by molar-refractivity contribution is -0.385. The van der Waals surface area contributed by atoms with Crippen LogP contribution in [0.2, 0.25) is 0 Å². The van der Waals surface area contributed by atoms with Crippen molar-refractivity contribution in [3.05, 3.63) is 32.8 Å². The summed E-state index contributed by atoms with van der Waals surface area (Å²) >= 11 is 3.19. The van der Waals surface area contributed by atoms with E-state index in [0.29, 0.717) is 4.47 Å². The van der Waals surface area contributed by atoms with Gasteiger partial charge in [0.1, 0.15) is 12.2 Å². The molecule has 0 aliphatic rings. The van der Waals surface area contributed by atoms with Gasteiger partial charge in [0.2, 0.25) is 5.75 Å². The van der Waals surface area contributed by atoms with Crippen LogP contribution in [0.15, 0.2) is 22.7 Å². The summed E-state index contributed by atoms with van der Waals surface area (Å²) in [5, 5.41) is 13.4. The quantitative estimate of drug-likeness (QED) is 0.494. The van der Waals surface area contributed by atoms with Crippen molar-refractivity contribution in [3.63, 3.8) is 0 Å². The van der Waals surface area contributed by atoms with E-state index in [-0.39, 0.29) is 24.6 Å². The van der Waals surface area contributed by atoms with Crippen LogP contribution in [0.1, 0.15) is 20.8 Å². The molecule has 0 fully saturated rings. The molecule has 21 heavy (non-hydrogen) atoms. The molecular formula is C13H17BrN2O5. The van der Waals surface area contributed by atoms with Gasteiger partial charge in [-0.3, -0.25) is 10.1 Å². The fourth-order valence-corrected chi connectivity index (χ4v) is 1.87. The number of hydrogen-bond acceptors (Lipinski definition) is 5. The second kappa shape index (κ2) is 7.26. The molecule has 0 bridgehead atoms. The Morgan fingerprint density at radius 2 is 2.10 bits per heavy atom. The standard InChI is InChI=1S/C13H17BrN2O5/c1-13(2,3)21-12(17)15-7-8-20-11-9(14)5-4-6-10(11)16(18)19/h4-6H,7-8H2,1-3H3,(H,15,17). The van der Waals surface area contributed by atoms with Gasteiger partial charge in [0.05, 0.1) is 15.9 Å². The molecule has 0 saturated carbocycles. The number of rotatable bonds is 5. The van der Waals surface area contributed by atoms with Crippen molar-refractivity contribution in [2.45, 2.75) is 26.4 Å². The Hall–Kier alpha value is -1.83. The van der Waals surface area contributed by atoms with Gasteiger partial charge >= 0.3 is 11.8 Å². The third-order valence-electron chi connectivity index (χ3n) is 2.16. The van der Waals surface area contributed by atoms with E-state index in [9.17, 15) is 14.9 Å². The lowest BCUT2D eigenvalue weighted by atomic mass is 10.2. The molecule has 0 unspecified atom stereocenters. The summed E-state index contributed by atoms with van der Waals surface area (Å²) in [6.45, 7) is 5.53. The second-order valence-electron chi connectivity index (χ2n) is 5.12. The minimum absolute atomic E-state index is 0.0860. The van der Waals surface area contributed by atoms with Crippen LogP contribution in [-0.4, -0.2) is 29.8 Å². The van der Waals surface area contributed by atoms with Gasteiger partial charge in [-0.2, -0.15) is 0 Å². The van der Waals surface area contributed by atoms with Crippen LogP contribution in [-0.2, 0) is 4.74 Å². The number of benzene rings is 1. The Bertz CT molecular complexity index is 528. The number of hydrogen-bond donors (Lipinski definition) is 1. The zero-order chi connectivity index (χ0) is 16.0. The number of ether oxygens (including phenoxy) is 2. The Balaban J connectivity index is 2.50. The molecule has 0 aliphatic carbocycles. The average molecular weight is 361 g/mol. The molecule has 0 aromatic heterocycles. The van der Waals surface area contributed by atoms with Gasteiger partial charge in [0, 0.05) is 6.07 Å². The molecule has 1 N–H and O–H groups in total. The van der Waals surface area contributed by atoms with Crippen LogP contribution < -0.4 is 10.1 Å². The van der Waals surface area contributed by atoms with Crippen LogP contribution in [0, 0.1) is 10.1 Å². The van der Waals surface area contributed by atoms with E-state index in [1.54, 1.807) is 32.9 Å². The van der Waals surface area contributed by atoms with Gasteiger partial charge in [0.25, 0.3) is 0 Å². The van der Waals surface area contributed by atoms with Crippen molar-refractivity contribution in [2.24, 2.45) is 0 Å². The smallest absolute Gasteiger partial charge is 0.407 e. The number of para-hydroxylation sites is 1. The molecular weight excluding hydrogens is 344 g/mol. The molecule has 0 atom stereocenters. The normalized spacial score (nSPS) is 10.9. The highest BCUT2D eigenvalue weighted by molar-refractivity contribution is 9.10. The zero-order valence-corrected chi connectivity index (χ0v) is 13.6. The van der Waals surface area contributed by atoms with Gasteiger partial charge in [0.15, 0.2) is 0 Å². The topological polar surface area (TPSA) is 90.7 Å². The van der Waals surface area contributed by atoms with Gasteiger partial charge < -0.3 is 14.8 Å². The largest absolute Gasteiger partial charge is 0.484 e. The summed E-state index contributed by atoms with van der Waals surface area (Å²) < 4.78 is 10.9. The number of carbonyl (C=O) groups excluding carboxylic acids is 1. The Morgan fingerprint density at radius 1 is 1.43 bits per heavy atom. The summed E-state index contributed by atoms with van der Waals surface area (Å²) in [7, 11) is 0. The molecule has 0 aliphatic heterocycles. The average Bonchev–Trinajstić information content (AvgIpc) is 2.33. The molecule has 1 aromatic carbocycles. The third-order valence-corrected chi connectivity index (χ3v) is 2.78. The molecule has 0 heterocycles. The zero-order valence-electron chi connectivity index (χ0n) is 12.0. The SMILES string of the molecule is CC(C)(C)OC(=O)NCCOc1c(Br)cccc1[N+](=O)[O-]. The van der Waals surface area contributed by atoms with Crippen LogP contribution >= 0.6 is 15.9 Å². The highest BCUT2D eigenvalue weighted by Gasteiger charge is 2.18. The summed E-state index contributed by atoms with van der Waals surface area (Å²) in [6.07, 6.45) is -0.562. The van der Waals surface area contributed by atoms with Crippen molar-refractivity contribution < 1.29 is 19.2 Å². The van der Waals surface area contributed by atoms with Crippen molar-refractivity contribution in [2.75, 3.05) is 13.2 Å². The lowest BCUT2D eigenvalue weighted by Gasteiger charge is -2.19.